The molecule has 0 atom stereocenters. The average Bonchev–Trinajstić information content (AvgIpc) is 3.17. The van der Waals surface area contributed by atoms with E-state index in [0.717, 1.165) is 17.1 Å². The molecule has 0 aliphatic carbocycles. The molecule has 0 bridgehead atoms. The van der Waals surface area contributed by atoms with Gasteiger partial charge in [0.25, 0.3) is 5.91 Å². The molecule has 7 heteroatoms. The van der Waals surface area contributed by atoms with Gasteiger partial charge in [0.15, 0.2) is 11.5 Å². The van der Waals surface area contributed by atoms with Crippen molar-refractivity contribution in [1.29, 1.82) is 0 Å². The van der Waals surface area contributed by atoms with Gasteiger partial charge < -0.3 is 24.8 Å². The molecule has 0 spiro atoms. The quantitative estimate of drug-likeness (QED) is 0.717. The van der Waals surface area contributed by atoms with Crippen LogP contribution in [0.4, 0.5) is 17.1 Å². The maximum absolute atomic E-state index is 12.4. The van der Waals surface area contributed by atoms with Crippen molar-refractivity contribution in [2.75, 3.05) is 24.5 Å². The van der Waals surface area contributed by atoms with E-state index in [-0.39, 0.29) is 12.7 Å². The summed E-state index contributed by atoms with van der Waals surface area (Å²) in [4.78, 5) is 16.6. The molecule has 0 saturated heterocycles. The lowest BCUT2D eigenvalue weighted by Crippen LogP contribution is -2.13. The average molecular weight is 363 g/mol. The summed E-state index contributed by atoms with van der Waals surface area (Å²) in [5.41, 5.74) is 2.49. The first-order valence-corrected chi connectivity index (χ1v) is 8.30. The minimum absolute atomic E-state index is 0.189. The van der Waals surface area contributed by atoms with E-state index in [9.17, 15) is 4.79 Å². The molecule has 1 amide bonds. The van der Waals surface area contributed by atoms with Crippen LogP contribution in [0, 0.1) is 0 Å². The number of hydrogen-bond acceptors (Lipinski definition) is 6. The molecule has 2 aromatic carbocycles. The number of rotatable bonds is 5. The molecular formula is C20H17N3O4. The molecule has 2 heterocycles. The Morgan fingerprint density at radius 3 is 2.67 bits per heavy atom. The van der Waals surface area contributed by atoms with Crippen LogP contribution in [0.15, 0.2) is 60.8 Å². The second-order valence-corrected chi connectivity index (χ2v) is 5.78. The van der Waals surface area contributed by atoms with E-state index in [1.807, 2.05) is 24.3 Å². The van der Waals surface area contributed by atoms with Gasteiger partial charge in [-0.3, -0.25) is 4.79 Å². The molecule has 4 rings (SSSR count). The molecule has 2 N–H and O–H groups in total. The third kappa shape index (κ3) is 3.62. The first-order valence-electron chi connectivity index (χ1n) is 8.30. The smallest absolute Gasteiger partial charge is 0.274 e. The monoisotopic (exact) mass is 363 g/mol. The SMILES string of the molecule is COc1ccccc1Nc1ccc(C(=O)Nc2ccc3c(c2)OCO3)nc1. The van der Waals surface area contributed by atoms with Gasteiger partial charge in [0.05, 0.1) is 24.7 Å². The zero-order chi connectivity index (χ0) is 18.6. The zero-order valence-electron chi connectivity index (χ0n) is 14.6. The van der Waals surface area contributed by atoms with E-state index in [0.29, 0.717) is 22.9 Å². The fourth-order valence-electron chi connectivity index (χ4n) is 2.67. The molecule has 1 aromatic heterocycles. The Morgan fingerprint density at radius 1 is 1.04 bits per heavy atom. The minimum atomic E-state index is -0.308. The Hall–Kier alpha value is -3.74. The molecule has 0 saturated carbocycles. The number of carbonyl (C=O) groups is 1. The van der Waals surface area contributed by atoms with Crippen LogP contribution < -0.4 is 24.8 Å². The number of ether oxygens (including phenoxy) is 3. The molecule has 3 aromatic rings. The van der Waals surface area contributed by atoms with Crippen molar-refractivity contribution >= 4 is 23.0 Å². The van der Waals surface area contributed by atoms with Crippen molar-refractivity contribution in [1.82, 2.24) is 4.98 Å². The van der Waals surface area contributed by atoms with Crippen molar-refractivity contribution in [3.05, 3.63) is 66.5 Å². The molecule has 0 unspecified atom stereocenters. The van der Waals surface area contributed by atoms with Crippen molar-refractivity contribution in [2.24, 2.45) is 0 Å². The number of nitrogens with one attached hydrogen (secondary N) is 2. The summed E-state index contributed by atoms with van der Waals surface area (Å²) in [6.07, 6.45) is 1.60. The third-order valence-corrected chi connectivity index (χ3v) is 4.01. The number of methoxy groups -OCH3 is 1. The summed E-state index contributed by atoms with van der Waals surface area (Å²) in [6, 6.07) is 16.2. The number of para-hydroxylation sites is 2. The zero-order valence-corrected chi connectivity index (χ0v) is 14.6. The van der Waals surface area contributed by atoms with Crippen LogP contribution in [0.2, 0.25) is 0 Å². The number of aromatic nitrogens is 1. The van der Waals surface area contributed by atoms with Gasteiger partial charge in [-0.15, -0.1) is 0 Å². The van der Waals surface area contributed by atoms with E-state index < -0.39 is 0 Å². The highest BCUT2D eigenvalue weighted by molar-refractivity contribution is 6.03. The van der Waals surface area contributed by atoms with Crippen molar-refractivity contribution in [3.63, 3.8) is 0 Å². The second kappa shape index (κ2) is 7.25. The first-order chi connectivity index (χ1) is 13.2. The molecule has 0 radical (unpaired) electrons. The maximum Gasteiger partial charge on any atom is 0.274 e. The fourth-order valence-corrected chi connectivity index (χ4v) is 2.67. The minimum Gasteiger partial charge on any atom is -0.495 e. The Labute approximate surface area is 155 Å². The van der Waals surface area contributed by atoms with Crippen molar-refractivity contribution in [3.8, 4) is 17.2 Å². The van der Waals surface area contributed by atoms with Crippen LogP contribution in [0.1, 0.15) is 10.5 Å². The van der Waals surface area contributed by atoms with Gasteiger partial charge in [0.1, 0.15) is 11.4 Å². The molecule has 136 valence electrons. The summed E-state index contributed by atoms with van der Waals surface area (Å²) in [6.45, 7) is 0.189. The van der Waals surface area contributed by atoms with Gasteiger partial charge in [-0.05, 0) is 36.4 Å². The van der Waals surface area contributed by atoms with Gasteiger partial charge in [-0.1, -0.05) is 12.1 Å². The lowest BCUT2D eigenvalue weighted by molar-refractivity contribution is 0.102. The summed E-state index contributed by atoms with van der Waals surface area (Å²) in [5, 5.41) is 6.02. The molecule has 27 heavy (non-hydrogen) atoms. The predicted molar refractivity (Wildman–Crippen MR) is 101 cm³/mol. The van der Waals surface area contributed by atoms with Gasteiger partial charge in [-0.25, -0.2) is 4.98 Å². The van der Waals surface area contributed by atoms with Crippen LogP contribution in [0.25, 0.3) is 0 Å². The van der Waals surface area contributed by atoms with Gasteiger partial charge >= 0.3 is 0 Å². The highest BCUT2D eigenvalue weighted by Gasteiger charge is 2.15. The van der Waals surface area contributed by atoms with Gasteiger partial charge in [0, 0.05) is 11.8 Å². The van der Waals surface area contributed by atoms with Crippen molar-refractivity contribution in [2.45, 2.75) is 0 Å². The van der Waals surface area contributed by atoms with Crippen LogP contribution in [0.3, 0.4) is 0 Å². The number of pyridine rings is 1. The normalized spacial score (nSPS) is 11.7. The summed E-state index contributed by atoms with van der Waals surface area (Å²) >= 11 is 0. The van der Waals surface area contributed by atoms with Crippen LogP contribution in [-0.4, -0.2) is 24.8 Å². The van der Waals surface area contributed by atoms with Gasteiger partial charge in [0.2, 0.25) is 6.79 Å². The van der Waals surface area contributed by atoms with E-state index in [1.54, 1.807) is 43.6 Å². The summed E-state index contributed by atoms with van der Waals surface area (Å²) in [7, 11) is 1.61. The Morgan fingerprint density at radius 2 is 1.85 bits per heavy atom. The maximum atomic E-state index is 12.4. The number of nitrogens with zero attached hydrogens (tertiary/aromatic N) is 1. The fraction of sp³-hybridized carbons (Fsp3) is 0.100. The van der Waals surface area contributed by atoms with Crippen LogP contribution in [-0.2, 0) is 0 Å². The molecule has 1 aliphatic heterocycles. The number of amides is 1. The second-order valence-electron chi connectivity index (χ2n) is 5.78. The molecule has 0 fully saturated rings. The topological polar surface area (TPSA) is 81.7 Å². The van der Waals surface area contributed by atoms with E-state index >= 15 is 0 Å². The van der Waals surface area contributed by atoms with Crippen molar-refractivity contribution < 1.29 is 19.0 Å². The van der Waals surface area contributed by atoms with Gasteiger partial charge in [-0.2, -0.15) is 0 Å². The largest absolute Gasteiger partial charge is 0.495 e. The lowest BCUT2D eigenvalue weighted by atomic mass is 10.2. The number of anilines is 3. The molecule has 7 nitrogen and oxygen atoms in total. The van der Waals surface area contributed by atoms with Crippen LogP contribution >= 0.6 is 0 Å². The standard InChI is InChI=1S/C20H17N3O4/c1-25-17-5-3-2-4-15(17)22-14-6-8-16(21-11-14)20(24)23-13-7-9-18-19(10-13)27-12-26-18/h2-11,22H,12H2,1H3,(H,23,24). The summed E-state index contributed by atoms with van der Waals surface area (Å²) in [5.74, 6) is 1.69. The van der Waals surface area contributed by atoms with Crippen LogP contribution in [0.5, 0.6) is 17.2 Å². The third-order valence-electron chi connectivity index (χ3n) is 4.01. The first kappa shape index (κ1) is 16.7. The highest BCUT2D eigenvalue weighted by atomic mass is 16.7. The number of fused-ring (bicyclic) bond motifs is 1. The molecular weight excluding hydrogens is 346 g/mol. The Bertz CT molecular complexity index is 973. The highest BCUT2D eigenvalue weighted by Crippen LogP contribution is 2.34. The Kier molecular flexibility index (Phi) is 4.49. The lowest BCUT2D eigenvalue weighted by Gasteiger charge is -2.11. The molecule has 1 aliphatic rings. The van der Waals surface area contributed by atoms with E-state index in [1.165, 1.54) is 0 Å². The van der Waals surface area contributed by atoms with E-state index in [2.05, 4.69) is 15.6 Å². The summed E-state index contributed by atoms with van der Waals surface area (Å²) < 4.78 is 15.9. The number of hydrogen-bond donors (Lipinski definition) is 2. The van der Waals surface area contributed by atoms with E-state index in [4.69, 9.17) is 14.2 Å². The predicted octanol–water partition coefficient (Wildman–Crippen LogP) is 3.81. The Balaban J connectivity index is 1.44. The number of benzene rings is 2. The number of carbonyl (C=O) groups excluding carboxylic acids is 1.